The van der Waals surface area contributed by atoms with Gasteiger partial charge in [0.2, 0.25) is 0 Å². The summed E-state index contributed by atoms with van der Waals surface area (Å²) in [5, 5.41) is 13.5. The first-order valence-corrected chi connectivity index (χ1v) is 15.4. The molecule has 4 aromatic carbocycles. The number of rotatable bonds is 2. The van der Waals surface area contributed by atoms with Gasteiger partial charge in [-0.3, -0.25) is 0 Å². The van der Waals surface area contributed by atoms with Crippen molar-refractivity contribution in [3.63, 3.8) is 0 Å². The molecule has 0 saturated heterocycles. The molecule has 2 atom stereocenters. The summed E-state index contributed by atoms with van der Waals surface area (Å²) in [4.78, 5) is 0. The van der Waals surface area contributed by atoms with Crippen molar-refractivity contribution < 1.29 is 4.42 Å². The molecule has 210 valence electrons. The summed E-state index contributed by atoms with van der Waals surface area (Å²) in [7, 11) is 0. The molecule has 3 heteroatoms. The Morgan fingerprint density at radius 2 is 1.61 bits per heavy atom. The molecular weight excluding hydrogens is 536 g/mol. The van der Waals surface area contributed by atoms with Crippen molar-refractivity contribution in [3.05, 3.63) is 149 Å². The van der Waals surface area contributed by atoms with E-state index >= 15 is 0 Å². The summed E-state index contributed by atoms with van der Waals surface area (Å²) in [6.07, 6.45) is 16.5. The van der Waals surface area contributed by atoms with Crippen LogP contribution in [0.4, 0.5) is 0 Å². The minimum atomic E-state index is 0.0372. The van der Waals surface area contributed by atoms with Crippen LogP contribution in [-0.4, -0.2) is 4.57 Å². The molecule has 2 heterocycles. The number of hydrogen-bond acceptors (Lipinski definition) is 2. The van der Waals surface area contributed by atoms with Crippen LogP contribution < -0.4 is 0 Å². The van der Waals surface area contributed by atoms with Crippen LogP contribution in [0.15, 0.2) is 120 Å². The number of fused-ring (bicyclic) bond motifs is 10. The van der Waals surface area contributed by atoms with E-state index < -0.39 is 0 Å². The highest BCUT2D eigenvalue weighted by molar-refractivity contribution is 6.10. The minimum absolute atomic E-state index is 0.0372. The van der Waals surface area contributed by atoms with Crippen molar-refractivity contribution in [2.75, 3.05) is 0 Å². The Labute approximate surface area is 256 Å². The van der Waals surface area contributed by atoms with Gasteiger partial charge in [-0.05, 0) is 58.9 Å². The number of aromatic nitrogens is 1. The highest BCUT2D eigenvalue weighted by Gasteiger charge is 2.46. The molecule has 0 aliphatic heterocycles. The predicted octanol–water partition coefficient (Wildman–Crippen LogP) is 10.2. The van der Waals surface area contributed by atoms with Crippen LogP contribution in [0.1, 0.15) is 53.3 Å². The lowest BCUT2D eigenvalue weighted by molar-refractivity contribution is 0.394. The molecular formula is C41H30N2O. The van der Waals surface area contributed by atoms with Gasteiger partial charge in [0.05, 0.1) is 28.4 Å². The number of benzene rings is 4. The standard InChI is InChI=1S/C41H30N2O/c1-41(2)33-14-6-3-13-30(33)39-34(41)20-19-29-32-23-26(10-9-17-38(32)44-40(29)39)31-22-25(24-42)18-21-37(31)43-35-15-7-4-11-27(35)28-12-5-8-16-36(28)43/h3-16,18-23,30,33H,17H2,1-2H3. The highest BCUT2D eigenvalue weighted by atomic mass is 16.3. The zero-order valence-electron chi connectivity index (χ0n) is 24.7. The first-order chi connectivity index (χ1) is 21.5. The van der Waals surface area contributed by atoms with E-state index in [1.54, 1.807) is 0 Å². The van der Waals surface area contributed by atoms with Gasteiger partial charge in [-0.15, -0.1) is 0 Å². The smallest absolute Gasteiger partial charge is 0.139 e. The van der Waals surface area contributed by atoms with E-state index in [9.17, 15) is 5.26 Å². The molecule has 2 aromatic heterocycles. The highest BCUT2D eigenvalue weighted by Crippen LogP contribution is 2.55. The maximum Gasteiger partial charge on any atom is 0.139 e. The van der Waals surface area contributed by atoms with Gasteiger partial charge >= 0.3 is 0 Å². The number of nitrogens with zero attached hydrogens (tertiary/aromatic N) is 2. The summed E-state index contributed by atoms with van der Waals surface area (Å²) >= 11 is 0. The van der Waals surface area contributed by atoms with Gasteiger partial charge in [0.1, 0.15) is 11.3 Å². The summed E-state index contributed by atoms with van der Waals surface area (Å²) in [5.74, 6) is 1.73. The Hall–Kier alpha value is -5.33. The fourth-order valence-electron chi connectivity index (χ4n) is 8.08. The molecule has 0 saturated carbocycles. The Morgan fingerprint density at radius 1 is 0.864 bits per heavy atom. The molecule has 6 aromatic rings. The van der Waals surface area contributed by atoms with Crippen molar-refractivity contribution in [1.82, 2.24) is 4.57 Å². The Balaban J connectivity index is 1.29. The summed E-state index contributed by atoms with van der Waals surface area (Å²) in [6.45, 7) is 4.72. The fourth-order valence-corrected chi connectivity index (χ4v) is 8.08. The first-order valence-electron chi connectivity index (χ1n) is 15.4. The molecule has 0 fully saturated rings. The van der Waals surface area contributed by atoms with Gasteiger partial charge in [0.15, 0.2) is 0 Å². The maximum absolute atomic E-state index is 9.95. The van der Waals surface area contributed by atoms with Crippen LogP contribution in [0.2, 0.25) is 0 Å². The number of furan rings is 1. The maximum atomic E-state index is 9.95. The predicted molar refractivity (Wildman–Crippen MR) is 180 cm³/mol. The Kier molecular flexibility index (Phi) is 5.20. The van der Waals surface area contributed by atoms with E-state index in [4.69, 9.17) is 4.42 Å². The molecule has 9 rings (SSSR count). The average Bonchev–Trinajstić information content (AvgIpc) is 3.59. The molecule has 0 N–H and O–H groups in total. The van der Waals surface area contributed by atoms with Crippen LogP contribution in [-0.2, 0) is 11.8 Å². The molecule has 0 amide bonds. The number of nitriles is 1. The molecule has 0 bridgehead atoms. The van der Waals surface area contributed by atoms with Gasteiger partial charge < -0.3 is 8.98 Å². The van der Waals surface area contributed by atoms with E-state index in [2.05, 4.69) is 134 Å². The molecule has 2 unspecified atom stereocenters. The molecule has 3 nitrogen and oxygen atoms in total. The van der Waals surface area contributed by atoms with E-state index in [0.29, 0.717) is 23.8 Å². The summed E-state index contributed by atoms with van der Waals surface area (Å²) < 4.78 is 9.13. The largest absolute Gasteiger partial charge is 0.460 e. The van der Waals surface area contributed by atoms with Crippen LogP contribution in [0.3, 0.4) is 0 Å². The fraction of sp³-hybridized carbons (Fsp3) is 0.146. The Bertz CT molecular complexity index is 2310. The average molecular weight is 567 g/mol. The summed E-state index contributed by atoms with van der Waals surface area (Å²) in [6, 6.07) is 30.2. The van der Waals surface area contributed by atoms with Gasteiger partial charge in [0, 0.05) is 45.2 Å². The first kappa shape index (κ1) is 25.2. The van der Waals surface area contributed by atoms with Crippen LogP contribution in [0, 0.1) is 17.2 Å². The second-order valence-corrected chi connectivity index (χ2v) is 12.8. The Morgan fingerprint density at radius 3 is 2.39 bits per heavy atom. The quantitative estimate of drug-likeness (QED) is 0.209. The minimum Gasteiger partial charge on any atom is -0.460 e. The van der Waals surface area contributed by atoms with Crippen molar-refractivity contribution in [3.8, 4) is 11.8 Å². The SMILES string of the molecule is CC1(C)c2ccc3c4c(oc3c2C2C=CC=CC21)CC=CC(c1cc(C#N)ccc1-n1c2ccccc2c2ccccc21)=C4. The summed E-state index contributed by atoms with van der Waals surface area (Å²) in [5.41, 5.74) is 11.0. The molecule has 3 aliphatic rings. The van der Waals surface area contributed by atoms with E-state index in [1.807, 2.05) is 12.1 Å². The van der Waals surface area contributed by atoms with Crippen molar-refractivity contribution in [2.24, 2.45) is 5.92 Å². The third-order valence-corrected chi connectivity index (χ3v) is 10.2. The lowest BCUT2D eigenvalue weighted by Crippen LogP contribution is -2.24. The monoisotopic (exact) mass is 566 g/mol. The van der Waals surface area contributed by atoms with Crippen LogP contribution >= 0.6 is 0 Å². The van der Waals surface area contributed by atoms with Crippen molar-refractivity contribution in [1.29, 1.82) is 5.26 Å². The van der Waals surface area contributed by atoms with Crippen molar-refractivity contribution in [2.45, 2.75) is 31.6 Å². The third-order valence-electron chi connectivity index (χ3n) is 10.2. The molecule has 3 aliphatic carbocycles. The molecule has 0 spiro atoms. The van der Waals surface area contributed by atoms with Gasteiger partial charge in [0.25, 0.3) is 0 Å². The van der Waals surface area contributed by atoms with Crippen LogP contribution in [0.5, 0.6) is 0 Å². The lowest BCUT2D eigenvalue weighted by atomic mass is 9.74. The van der Waals surface area contributed by atoms with Gasteiger partial charge in [-0.2, -0.15) is 5.26 Å². The zero-order chi connectivity index (χ0) is 29.6. The second-order valence-electron chi connectivity index (χ2n) is 12.8. The third kappa shape index (κ3) is 3.37. The van der Waals surface area contributed by atoms with Gasteiger partial charge in [-0.25, -0.2) is 0 Å². The lowest BCUT2D eigenvalue weighted by Gasteiger charge is -2.29. The van der Waals surface area contributed by atoms with E-state index in [1.165, 1.54) is 21.9 Å². The zero-order valence-corrected chi connectivity index (χ0v) is 24.7. The topological polar surface area (TPSA) is 41.9 Å². The van der Waals surface area contributed by atoms with E-state index in [0.717, 1.165) is 50.2 Å². The van der Waals surface area contributed by atoms with Crippen LogP contribution in [0.25, 0.3) is 50.1 Å². The number of hydrogen-bond donors (Lipinski definition) is 0. The molecule has 44 heavy (non-hydrogen) atoms. The molecule has 0 radical (unpaired) electrons. The van der Waals surface area contributed by atoms with Gasteiger partial charge in [-0.1, -0.05) is 98.8 Å². The number of para-hydroxylation sites is 2. The number of allylic oxidation sites excluding steroid dienone is 7. The van der Waals surface area contributed by atoms with E-state index in [-0.39, 0.29) is 5.41 Å². The van der Waals surface area contributed by atoms with Crippen molar-refractivity contribution >= 4 is 44.4 Å². The second kappa shape index (κ2) is 9.09. The normalized spacial score (nSPS) is 19.5.